The first-order valence-electron chi connectivity index (χ1n) is 8.67. The van der Waals surface area contributed by atoms with Crippen LogP contribution in [-0.2, 0) is 13.2 Å². The van der Waals surface area contributed by atoms with Crippen molar-refractivity contribution >= 4 is 35.6 Å². The van der Waals surface area contributed by atoms with Crippen molar-refractivity contribution in [3.05, 3.63) is 57.6 Å². The molecule has 2 aromatic carbocycles. The van der Waals surface area contributed by atoms with Gasteiger partial charge in [0.05, 0.1) is 11.6 Å². The second-order valence-electron chi connectivity index (χ2n) is 5.78. The first kappa shape index (κ1) is 22.9. The van der Waals surface area contributed by atoms with Gasteiger partial charge in [0, 0.05) is 11.6 Å². The third-order valence-electron chi connectivity index (χ3n) is 3.70. The normalized spacial score (nSPS) is 10.3. The molecule has 3 nitrogen and oxygen atoms in total. The summed E-state index contributed by atoms with van der Waals surface area (Å²) in [5.74, 6) is 1.26. The van der Waals surface area contributed by atoms with E-state index in [1.807, 2.05) is 43.3 Å². The molecule has 0 saturated heterocycles. The molecule has 0 atom stereocenters. The van der Waals surface area contributed by atoms with Crippen molar-refractivity contribution in [3.8, 4) is 11.5 Å². The van der Waals surface area contributed by atoms with E-state index >= 15 is 0 Å². The Bertz CT molecular complexity index is 663. The Hall–Kier alpha value is -1.13. The Balaban J connectivity index is 0.00000338. The van der Waals surface area contributed by atoms with Crippen LogP contribution >= 0.6 is 35.6 Å². The molecular weight excluding hydrogens is 393 g/mol. The molecule has 6 heteroatoms. The van der Waals surface area contributed by atoms with Crippen LogP contribution in [0.2, 0.25) is 10.0 Å². The lowest BCUT2D eigenvalue weighted by Crippen LogP contribution is -2.14. The Morgan fingerprint density at radius 2 is 1.69 bits per heavy atom. The summed E-state index contributed by atoms with van der Waals surface area (Å²) >= 11 is 12.4. The van der Waals surface area contributed by atoms with Crippen LogP contribution in [-0.4, -0.2) is 13.2 Å². The number of hydrogen-bond acceptors (Lipinski definition) is 3. The SMILES string of the molecule is CCCCNCc1cc(Cl)c(OCc2ccc(Cl)cc2)c(OCC)c1.Cl. The molecule has 0 aliphatic heterocycles. The summed E-state index contributed by atoms with van der Waals surface area (Å²) in [4.78, 5) is 0. The lowest BCUT2D eigenvalue weighted by molar-refractivity contribution is 0.269. The van der Waals surface area contributed by atoms with E-state index in [1.165, 1.54) is 6.42 Å². The van der Waals surface area contributed by atoms with Crippen molar-refractivity contribution in [1.82, 2.24) is 5.32 Å². The van der Waals surface area contributed by atoms with E-state index in [9.17, 15) is 0 Å². The molecule has 0 heterocycles. The standard InChI is InChI=1S/C20H25Cl2NO2.ClH/c1-3-5-10-23-13-16-11-18(22)20(19(12-16)24-4-2)25-14-15-6-8-17(21)9-7-15;/h6-9,11-12,23H,3-5,10,13-14H2,1-2H3;1H. The zero-order valence-corrected chi connectivity index (χ0v) is 17.5. The van der Waals surface area contributed by atoms with Crippen LogP contribution in [0.25, 0.3) is 0 Å². The van der Waals surface area contributed by atoms with Gasteiger partial charge in [0.25, 0.3) is 0 Å². The molecule has 1 N–H and O–H groups in total. The van der Waals surface area contributed by atoms with Crippen molar-refractivity contribution in [2.75, 3.05) is 13.2 Å². The zero-order valence-electron chi connectivity index (χ0n) is 15.2. The third kappa shape index (κ3) is 7.24. The highest BCUT2D eigenvalue weighted by molar-refractivity contribution is 6.32. The van der Waals surface area contributed by atoms with Crippen molar-refractivity contribution in [2.45, 2.75) is 39.8 Å². The number of unbranched alkanes of at least 4 members (excludes halogenated alkanes) is 1. The van der Waals surface area contributed by atoms with Gasteiger partial charge >= 0.3 is 0 Å². The number of ether oxygens (including phenoxy) is 2. The minimum absolute atomic E-state index is 0. The van der Waals surface area contributed by atoms with E-state index in [4.69, 9.17) is 32.7 Å². The number of benzene rings is 2. The summed E-state index contributed by atoms with van der Waals surface area (Å²) in [6.07, 6.45) is 2.34. The van der Waals surface area contributed by atoms with E-state index in [1.54, 1.807) is 0 Å². The van der Waals surface area contributed by atoms with Gasteiger partial charge in [0.2, 0.25) is 0 Å². The van der Waals surface area contributed by atoms with Gasteiger partial charge < -0.3 is 14.8 Å². The maximum Gasteiger partial charge on any atom is 0.180 e. The van der Waals surface area contributed by atoms with Crippen LogP contribution in [0.5, 0.6) is 11.5 Å². The third-order valence-corrected chi connectivity index (χ3v) is 4.23. The Morgan fingerprint density at radius 3 is 2.35 bits per heavy atom. The van der Waals surface area contributed by atoms with E-state index in [2.05, 4.69) is 12.2 Å². The molecule has 0 amide bonds. The van der Waals surface area contributed by atoms with Crippen molar-refractivity contribution < 1.29 is 9.47 Å². The van der Waals surface area contributed by atoms with Crippen LogP contribution in [0.4, 0.5) is 0 Å². The van der Waals surface area contributed by atoms with E-state index in [0.717, 1.165) is 30.6 Å². The van der Waals surface area contributed by atoms with Gasteiger partial charge in [-0.25, -0.2) is 0 Å². The Kier molecular flexibility index (Phi) is 10.8. The fraction of sp³-hybridized carbons (Fsp3) is 0.400. The Labute approximate surface area is 172 Å². The van der Waals surface area contributed by atoms with Gasteiger partial charge in [-0.1, -0.05) is 48.7 Å². The topological polar surface area (TPSA) is 30.5 Å². The van der Waals surface area contributed by atoms with Crippen LogP contribution < -0.4 is 14.8 Å². The molecule has 0 aliphatic carbocycles. The van der Waals surface area contributed by atoms with Crippen LogP contribution in [0.3, 0.4) is 0 Å². The van der Waals surface area contributed by atoms with Gasteiger partial charge in [-0.05, 0) is 55.3 Å². The van der Waals surface area contributed by atoms with E-state index in [-0.39, 0.29) is 12.4 Å². The summed E-state index contributed by atoms with van der Waals surface area (Å²) in [6, 6.07) is 11.5. The highest BCUT2D eigenvalue weighted by Crippen LogP contribution is 2.37. The maximum absolute atomic E-state index is 6.45. The fourth-order valence-electron chi connectivity index (χ4n) is 2.40. The summed E-state index contributed by atoms with van der Waals surface area (Å²) < 4.78 is 11.7. The largest absolute Gasteiger partial charge is 0.490 e. The molecular formula is C20H26Cl3NO2. The second-order valence-corrected chi connectivity index (χ2v) is 6.63. The summed E-state index contributed by atoms with van der Waals surface area (Å²) in [5.41, 5.74) is 2.11. The predicted molar refractivity (Wildman–Crippen MR) is 112 cm³/mol. The molecule has 0 bridgehead atoms. The van der Waals surface area contributed by atoms with E-state index in [0.29, 0.717) is 34.8 Å². The van der Waals surface area contributed by atoms with Crippen molar-refractivity contribution in [3.63, 3.8) is 0 Å². The molecule has 0 unspecified atom stereocenters. The van der Waals surface area contributed by atoms with Crippen LogP contribution in [0, 0.1) is 0 Å². The summed E-state index contributed by atoms with van der Waals surface area (Å²) in [6.45, 7) is 6.84. The second kappa shape index (κ2) is 12.3. The highest BCUT2D eigenvalue weighted by atomic mass is 35.5. The zero-order chi connectivity index (χ0) is 18.1. The summed E-state index contributed by atoms with van der Waals surface area (Å²) in [7, 11) is 0. The fourth-order valence-corrected chi connectivity index (χ4v) is 2.81. The maximum atomic E-state index is 6.45. The van der Waals surface area contributed by atoms with Gasteiger partial charge in [-0.15, -0.1) is 12.4 Å². The minimum atomic E-state index is 0. The average molecular weight is 419 g/mol. The van der Waals surface area contributed by atoms with Gasteiger partial charge in [0.15, 0.2) is 11.5 Å². The van der Waals surface area contributed by atoms with Gasteiger partial charge in [-0.3, -0.25) is 0 Å². The average Bonchev–Trinajstić information content (AvgIpc) is 2.60. The highest BCUT2D eigenvalue weighted by Gasteiger charge is 2.13. The molecule has 2 aromatic rings. The number of nitrogens with one attached hydrogen (secondary N) is 1. The first-order valence-corrected chi connectivity index (χ1v) is 9.42. The molecule has 0 aromatic heterocycles. The molecule has 0 spiro atoms. The molecule has 0 fully saturated rings. The number of halogens is 3. The van der Waals surface area contributed by atoms with E-state index < -0.39 is 0 Å². The number of rotatable bonds is 10. The lowest BCUT2D eigenvalue weighted by Gasteiger charge is -2.16. The van der Waals surface area contributed by atoms with Crippen molar-refractivity contribution in [2.24, 2.45) is 0 Å². The van der Waals surface area contributed by atoms with Gasteiger partial charge in [0.1, 0.15) is 6.61 Å². The quantitative estimate of drug-likeness (QED) is 0.460. The molecule has 0 radical (unpaired) electrons. The molecule has 2 rings (SSSR count). The summed E-state index contributed by atoms with van der Waals surface area (Å²) in [5, 5.41) is 4.68. The molecule has 0 aliphatic rings. The van der Waals surface area contributed by atoms with Gasteiger partial charge in [-0.2, -0.15) is 0 Å². The molecule has 0 saturated carbocycles. The number of hydrogen-bond donors (Lipinski definition) is 1. The smallest absolute Gasteiger partial charge is 0.180 e. The van der Waals surface area contributed by atoms with Crippen LogP contribution in [0.15, 0.2) is 36.4 Å². The van der Waals surface area contributed by atoms with Crippen molar-refractivity contribution in [1.29, 1.82) is 0 Å². The monoisotopic (exact) mass is 417 g/mol. The molecule has 26 heavy (non-hydrogen) atoms. The van der Waals surface area contributed by atoms with Crippen LogP contribution in [0.1, 0.15) is 37.8 Å². The predicted octanol–water partition coefficient (Wildman–Crippen LogP) is 6.28. The lowest BCUT2D eigenvalue weighted by atomic mass is 10.2. The Morgan fingerprint density at radius 1 is 0.962 bits per heavy atom. The molecule has 144 valence electrons. The first-order chi connectivity index (χ1) is 12.1. The minimum Gasteiger partial charge on any atom is -0.490 e.